The van der Waals surface area contributed by atoms with Gasteiger partial charge < -0.3 is 15.0 Å². The molecule has 1 saturated heterocycles. The summed E-state index contributed by atoms with van der Waals surface area (Å²) in [5.41, 5.74) is 0.682. The molecule has 4 nitrogen and oxygen atoms in total. The molecular weight excluding hydrogens is 269 g/mol. The average molecular weight is 295 g/mol. The van der Waals surface area contributed by atoms with Crippen LogP contribution in [-0.2, 0) is 11.3 Å². The van der Waals surface area contributed by atoms with Gasteiger partial charge in [-0.1, -0.05) is 20.8 Å². The zero-order valence-corrected chi connectivity index (χ0v) is 13.2. The number of nitrogens with zero attached hydrogens (tertiary/aromatic N) is 2. The SMILES string of the molecule is CCC1COCCN1c1nccc(CNCC(C)C)c1F. The van der Waals surface area contributed by atoms with Gasteiger partial charge in [0.1, 0.15) is 0 Å². The highest BCUT2D eigenvalue weighted by atomic mass is 19.1. The Labute approximate surface area is 126 Å². The van der Waals surface area contributed by atoms with E-state index in [1.807, 2.05) is 4.90 Å². The van der Waals surface area contributed by atoms with Crippen LogP contribution in [0.5, 0.6) is 0 Å². The second-order valence-corrected chi connectivity index (χ2v) is 5.96. The number of ether oxygens (including phenoxy) is 1. The van der Waals surface area contributed by atoms with Crippen molar-refractivity contribution in [3.05, 3.63) is 23.6 Å². The number of rotatable bonds is 6. The molecule has 1 aromatic rings. The van der Waals surface area contributed by atoms with E-state index in [1.54, 1.807) is 12.3 Å². The molecule has 1 unspecified atom stereocenters. The number of anilines is 1. The zero-order chi connectivity index (χ0) is 15.2. The van der Waals surface area contributed by atoms with E-state index in [0.29, 0.717) is 43.6 Å². The maximum atomic E-state index is 14.7. The molecule has 1 aromatic heterocycles. The zero-order valence-electron chi connectivity index (χ0n) is 13.2. The lowest BCUT2D eigenvalue weighted by atomic mass is 10.1. The summed E-state index contributed by atoms with van der Waals surface area (Å²) in [6.07, 6.45) is 2.63. The fourth-order valence-corrected chi connectivity index (χ4v) is 2.58. The second-order valence-electron chi connectivity index (χ2n) is 5.96. The first-order chi connectivity index (χ1) is 10.1. The Morgan fingerprint density at radius 2 is 2.33 bits per heavy atom. The number of hydrogen-bond acceptors (Lipinski definition) is 4. The smallest absolute Gasteiger partial charge is 0.170 e. The van der Waals surface area contributed by atoms with Gasteiger partial charge in [0.05, 0.1) is 19.3 Å². The number of nitrogens with one attached hydrogen (secondary N) is 1. The van der Waals surface area contributed by atoms with Crippen LogP contribution >= 0.6 is 0 Å². The highest BCUT2D eigenvalue weighted by Gasteiger charge is 2.25. The quantitative estimate of drug-likeness (QED) is 0.875. The van der Waals surface area contributed by atoms with Crippen molar-refractivity contribution in [2.24, 2.45) is 5.92 Å². The lowest BCUT2D eigenvalue weighted by Gasteiger charge is -2.36. The van der Waals surface area contributed by atoms with Crippen molar-refractivity contribution < 1.29 is 9.13 Å². The number of pyridine rings is 1. The van der Waals surface area contributed by atoms with Crippen LogP contribution in [0.25, 0.3) is 0 Å². The molecule has 0 radical (unpaired) electrons. The molecule has 1 atom stereocenters. The predicted octanol–water partition coefficient (Wildman–Crippen LogP) is 2.58. The highest BCUT2D eigenvalue weighted by Crippen LogP contribution is 2.24. The van der Waals surface area contributed by atoms with Crippen molar-refractivity contribution in [2.75, 3.05) is 31.2 Å². The molecule has 118 valence electrons. The molecule has 2 heterocycles. The van der Waals surface area contributed by atoms with Crippen molar-refractivity contribution in [3.63, 3.8) is 0 Å². The van der Waals surface area contributed by atoms with Crippen molar-refractivity contribution in [1.82, 2.24) is 10.3 Å². The van der Waals surface area contributed by atoms with Crippen LogP contribution in [-0.4, -0.2) is 37.3 Å². The Bertz CT molecular complexity index is 453. The third-order valence-corrected chi connectivity index (χ3v) is 3.79. The molecular formula is C16H26FN3O. The summed E-state index contributed by atoms with van der Waals surface area (Å²) in [6.45, 7) is 9.78. The number of hydrogen-bond donors (Lipinski definition) is 1. The van der Waals surface area contributed by atoms with E-state index in [4.69, 9.17) is 4.74 Å². The summed E-state index contributed by atoms with van der Waals surface area (Å²) in [4.78, 5) is 6.32. The van der Waals surface area contributed by atoms with E-state index < -0.39 is 0 Å². The third-order valence-electron chi connectivity index (χ3n) is 3.79. The van der Waals surface area contributed by atoms with Gasteiger partial charge in [0.2, 0.25) is 0 Å². The lowest BCUT2D eigenvalue weighted by Crippen LogP contribution is -2.46. The molecule has 5 heteroatoms. The lowest BCUT2D eigenvalue weighted by molar-refractivity contribution is 0.0921. The van der Waals surface area contributed by atoms with E-state index >= 15 is 0 Å². The van der Waals surface area contributed by atoms with E-state index in [0.717, 1.165) is 13.0 Å². The number of aromatic nitrogens is 1. The van der Waals surface area contributed by atoms with Gasteiger partial charge in [0.15, 0.2) is 11.6 Å². The Hall–Kier alpha value is -1.20. The van der Waals surface area contributed by atoms with Gasteiger partial charge in [-0.25, -0.2) is 9.37 Å². The normalized spacial score (nSPS) is 19.3. The minimum Gasteiger partial charge on any atom is -0.377 e. The average Bonchev–Trinajstić information content (AvgIpc) is 2.49. The van der Waals surface area contributed by atoms with E-state index in [2.05, 4.69) is 31.1 Å². The molecule has 1 aliphatic rings. The summed E-state index contributed by atoms with van der Waals surface area (Å²) >= 11 is 0. The molecule has 0 amide bonds. The molecule has 0 aliphatic carbocycles. The summed E-state index contributed by atoms with van der Waals surface area (Å²) in [5.74, 6) is 0.821. The van der Waals surface area contributed by atoms with Crippen LogP contribution in [0.15, 0.2) is 12.3 Å². The van der Waals surface area contributed by atoms with Gasteiger partial charge in [-0.15, -0.1) is 0 Å². The molecule has 0 saturated carbocycles. The first kappa shape index (κ1) is 16.2. The maximum Gasteiger partial charge on any atom is 0.170 e. The Morgan fingerprint density at radius 3 is 3.05 bits per heavy atom. The van der Waals surface area contributed by atoms with Gasteiger partial charge in [0.25, 0.3) is 0 Å². The first-order valence-electron chi connectivity index (χ1n) is 7.82. The Balaban J connectivity index is 2.12. The number of halogens is 1. The van der Waals surface area contributed by atoms with Crippen LogP contribution in [0.3, 0.4) is 0 Å². The molecule has 1 aliphatic heterocycles. The second kappa shape index (κ2) is 7.71. The fourth-order valence-electron chi connectivity index (χ4n) is 2.58. The first-order valence-corrected chi connectivity index (χ1v) is 7.82. The molecule has 2 rings (SSSR count). The number of morpholine rings is 1. The van der Waals surface area contributed by atoms with E-state index in [9.17, 15) is 4.39 Å². The molecule has 1 fully saturated rings. The van der Waals surface area contributed by atoms with Gasteiger partial charge >= 0.3 is 0 Å². The van der Waals surface area contributed by atoms with Gasteiger partial charge in [-0.3, -0.25) is 0 Å². The Kier molecular flexibility index (Phi) is 5.94. The minimum absolute atomic E-state index is 0.200. The van der Waals surface area contributed by atoms with Crippen LogP contribution < -0.4 is 10.2 Å². The summed E-state index contributed by atoms with van der Waals surface area (Å²) in [7, 11) is 0. The van der Waals surface area contributed by atoms with E-state index in [-0.39, 0.29) is 11.9 Å². The summed E-state index contributed by atoms with van der Waals surface area (Å²) in [5, 5.41) is 3.29. The van der Waals surface area contributed by atoms with Crippen LogP contribution in [0.1, 0.15) is 32.8 Å². The van der Waals surface area contributed by atoms with Crippen molar-refractivity contribution in [1.29, 1.82) is 0 Å². The Morgan fingerprint density at radius 1 is 1.52 bits per heavy atom. The fraction of sp³-hybridized carbons (Fsp3) is 0.688. The van der Waals surface area contributed by atoms with Crippen molar-refractivity contribution in [2.45, 2.75) is 39.8 Å². The maximum absolute atomic E-state index is 14.7. The van der Waals surface area contributed by atoms with Crippen LogP contribution in [0, 0.1) is 11.7 Å². The highest BCUT2D eigenvalue weighted by molar-refractivity contribution is 5.44. The largest absolute Gasteiger partial charge is 0.377 e. The van der Waals surface area contributed by atoms with Gasteiger partial charge in [0, 0.05) is 24.8 Å². The third kappa shape index (κ3) is 4.14. The molecule has 21 heavy (non-hydrogen) atoms. The standard InChI is InChI=1S/C16H26FN3O/c1-4-14-11-21-8-7-20(14)16-15(17)13(5-6-19-16)10-18-9-12(2)3/h5-6,12,14,18H,4,7-11H2,1-3H3. The summed E-state index contributed by atoms with van der Waals surface area (Å²) in [6, 6.07) is 1.97. The molecule has 1 N–H and O–H groups in total. The van der Waals surface area contributed by atoms with E-state index in [1.165, 1.54) is 0 Å². The van der Waals surface area contributed by atoms with Gasteiger partial charge in [-0.05, 0) is 24.9 Å². The topological polar surface area (TPSA) is 37.4 Å². The predicted molar refractivity (Wildman–Crippen MR) is 83.0 cm³/mol. The van der Waals surface area contributed by atoms with Crippen LogP contribution in [0.2, 0.25) is 0 Å². The summed E-state index contributed by atoms with van der Waals surface area (Å²) < 4.78 is 20.2. The molecule has 0 aromatic carbocycles. The molecule has 0 spiro atoms. The molecule has 0 bridgehead atoms. The van der Waals surface area contributed by atoms with Crippen molar-refractivity contribution >= 4 is 5.82 Å². The minimum atomic E-state index is -0.200. The monoisotopic (exact) mass is 295 g/mol. The van der Waals surface area contributed by atoms with Crippen molar-refractivity contribution in [3.8, 4) is 0 Å². The van der Waals surface area contributed by atoms with Gasteiger partial charge in [-0.2, -0.15) is 0 Å². The van der Waals surface area contributed by atoms with Crippen LogP contribution in [0.4, 0.5) is 10.2 Å².